The Labute approximate surface area is 362 Å². The molecule has 0 fully saturated rings. The maximum Gasteiger partial charge on any atom is 0.117 e. The lowest BCUT2D eigenvalue weighted by Gasteiger charge is -2.21. The molecule has 0 aliphatic carbocycles. The summed E-state index contributed by atoms with van der Waals surface area (Å²) < 4.78 is 0. The Morgan fingerprint density at radius 1 is 0.317 bits per heavy atom. The number of phenols is 4. The number of rotatable bonds is 10. The normalized spacial score (nSPS) is 10.7. The molecule has 0 aliphatic heterocycles. The Morgan fingerprint density at radius 3 is 1.03 bits per heavy atom. The van der Waals surface area contributed by atoms with Crippen LogP contribution in [0.15, 0.2) is 214 Å². The van der Waals surface area contributed by atoms with Crippen molar-refractivity contribution in [1.82, 2.24) is 0 Å². The van der Waals surface area contributed by atoms with Gasteiger partial charge in [0.2, 0.25) is 0 Å². The summed E-state index contributed by atoms with van der Waals surface area (Å²) in [6.45, 7) is 8.44. The maximum atomic E-state index is 10.9. The minimum absolute atomic E-state index is 0.142. The van der Waals surface area contributed by atoms with E-state index in [-0.39, 0.29) is 28.9 Å². The van der Waals surface area contributed by atoms with Crippen molar-refractivity contribution < 1.29 is 20.4 Å². The summed E-state index contributed by atoms with van der Waals surface area (Å²) in [7, 11) is 0. The van der Waals surface area contributed by atoms with E-state index in [0.717, 1.165) is 47.4 Å². The number of hydrogen-bond acceptors (Lipinski definition) is 6. The average Bonchev–Trinajstić information content (AvgIpc) is 3.27. The van der Waals surface area contributed by atoms with E-state index in [4.69, 9.17) is 0 Å². The molecule has 8 rings (SSSR count). The Kier molecular flexibility index (Phi) is 15.2. The van der Waals surface area contributed by atoms with Gasteiger partial charge in [-0.1, -0.05) is 160 Å². The largest absolute Gasteiger partial charge is 0.508 e. The fourth-order valence-electron chi connectivity index (χ4n) is 6.73. The third kappa shape index (κ3) is 11.9. The molecule has 0 bridgehead atoms. The maximum absolute atomic E-state index is 10.9. The topological polar surface area (TPSA) is 80.9 Å². The summed E-state index contributed by atoms with van der Waals surface area (Å²) in [5.74, 6) is 0.999. The monoisotopic (exact) mass is 826 g/mol. The molecule has 0 amide bonds. The molecule has 6 heteroatoms. The molecule has 302 valence electrons. The highest BCUT2D eigenvalue weighted by atomic mass is 32.2. The van der Waals surface area contributed by atoms with Crippen molar-refractivity contribution in [2.45, 2.75) is 59.1 Å². The zero-order valence-corrected chi connectivity index (χ0v) is 35.9. The molecule has 0 aromatic heterocycles. The van der Waals surface area contributed by atoms with Gasteiger partial charge >= 0.3 is 0 Å². The molecule has 0 unspecified atom stereocenters. The Hall–Kier alpha value is -6.34. The number of benzene rings is 8. The van der Waals surface area contributed by atoms with Crippen molar-refractivity contribution >= 4 is 23.5 Å². The molecule has 60 heavy (non-hydrogen) atoms. The highest BCUT2D eigenvalue weighted by Gasteiger charge is 2.21. The molecule has 0 saturated carbocycles. The highest BCUT2D eigenvalue weighted by Crippen LogP contribution is 2.42. The van der Waals surface area contributed by atoms with Gasteiger partial charge < -0.3 is 20.4 Å². The molecule has 8 aromatic carbocycles. The van der Waals surface area contributed by atoms with Crippen LogP contribution in [0.5, 0.6) is 23.0 Å². The zero-order valence-electron chi connectivity index (χ0n) is 34.2. The van der Waals surface area contributed by atoms with Crippen LogP contribution in [0.3, 0.4) is 0 Å². The molecule has 8 aromatic rings. The van der Waals surface area contributed by atoms with E-state index in [9.17, 15) is 20.4 Å². The third-order valence-electron chi connectivity index (χ3n) is 9.67. The van der Waals surface area contributed by atoms with Crippen LogP contribution in [-0.2, 0) is 0 Å². The summed E-state index contributed by atoms with van der Waals surface area (Å²) in [6, 6.07) is 62.9. The van der Waals surface area contributed by atoms with E-state index >= 15 is 0 Å². The minimum atomic E-state index is -0.289. The second-order valence-electron chi connectivity index (χ2n) is 14.3. The van der Waals surface area contributed by atoms with Crippen molar-refractivity contribution in [2.75, 3.05) is 0 Å². The molecule has 0 radical (unpaired) electrons. The second-order valence-corrected chi connectivity index (χ2v) is 16.6. The van der Waals surface area contributed by atoms with Crippen LogP contribution in [-0.4, -0.2) is 20.4 Å². The molecular formula is C54H50O4S2. The fraction of sp³-hybridized carbons (Fsp3) is 0.111. The molecular weight excluding hydrogens is 777 g/mol. The quantitative estimate of drug-likeness (QED) is 0.103. The first-order valence-corrected chi connectivity index (χ1v) is 21.7. The Balaban J connectivity index is 0.000000297. The minimum Gasteiger partial charge on any atom is -0.508 e. The first-order valence-electron chi connectivity index (χ1n) is 20.1. The molecule has 0 atom stereocenters. The van der Waals surface area contributed by atoms with E-state index < -0.39 is 0 Å². The van der Waals surface area contributed by atoms with Crippen LogP contribution < -0.4 is 0 Å². The van der Waals surface area contributed by atoms with Crippen molar-refractivity contribution in [3.63, 3.8) is 0 Å². The van der Waals surface area contributed by atoms with Crippen LogP contribution in [0, 0.1) is 0 Å². The fourth-order valence-corrected chi connectivity index (χ4v) is 8.57. The number of hydrogen-bond donors (Lipinski definition) is 4. The van der Waals surface area contributed by atoms with Gasteiger partial charge in [0.05, 0.1) is 0 Å². The molecule has 0 aliphatic rings. The van der Waals surface area contributed by atoms with Crippen LogP contribution in [0.2, 0.25) is 0 Å². The summed E-state index contributed by atoms with van der Waals surface area (Å²) in [6.07, 6.45) is 0. The van der Waals surface area contributed by atoms with Crippen LogP contribution in [0.25, 0.3) is 22.3 Å². The summed E-state index contributed by atoms with van der Waals surface area (Å²) >= 11 is 2.99. The van der Waals surface area contributed by atoms with E-state index in [1.54, 1.807) is 48.5 Å². The van der Waals surface area contributed by atoms with Crippen molar-refractivity contribution in [2.24, 2.45) is 0 Å². The zero-order chi connectivity index (χ0) is 42.4. The smallest absolute Gasteiger partial charge is 0.117 e. The van der Waals surface area contributed by atoms with E-state index in [1.807, 2.05) is 62.4 Å². The lowest BCUT2D eigenvalue weighted by Crippen LogP contribution is -2.04. The Morgan fingerprint density at radius 2 is 0.667 bits per heavy atom. The molecule has 4 N–H and O–H groups in total. The number of phenolic OH excluding ortho intramolecular Hbond substituents is 4. The van der Waals surface area contributed by atoms with Crippen molar-refractivity contribution in [3.8, 4) is 45.3 Å². The predicted molar refractivity (Wildman–Crippen MR) is 251 cm³/mol. The first kappa shape index (κ1) is 43.2. The van der Waals surface area contributed by atoms with E-state index in [1.165, 1.54) is 40.2 Å². The standard InChI is InChI=1S/C37H28O4S2.C15H16.C2H6/c38-29-10-14-33(15-11-29)42-35-20-27(18-31(40)22-35)37(26-8-6-25(7-9-26)24-4-2-1-3-5-24)28-19-32(41)23-36(21-28)43-34-16-12-30(39)13-17-34;1-12(2)13-8-10-15(11-9-13)14-6-4-3-5-7-14;1-2/h1-23,37-41H;3-12H,1-2H3;1-2H3. The SMILES string of the molecule is CC.CC(C)c1ccc(-c2ccccc2)cc1.Oc1ccc(Sc2cc(O)cc(C(c3ccc(-c4ccccc4)cc3)c3cc(O)cc(Sc4ccc(O)cc4)c3)c2)cc1. The summed E-state index contributed by atoms with van der Waals surface area (Å²) in [5, 5.41) is 41.1. The lowest BCUT2D eigenvalue weighted by atomic mass is 9.84. The van der Waals surface area contributed by atoms with Crippen LogP contribution in [0.4, 0.5) is 0 Å². The molecule has 0 heterocycles. The Bertz CT molecular complexity index is 2440. The van der Waals surface area contributed by atoms with Gasteiger partial charge in [-0.25, -0.2) is 0 Å². The number of aromatic hydroxyl groups is 4. The lowest BCUT2D eigenvalue weighted by molar-refractivity contribution is 0.471. The van der Waals surface area contributed by atoms with Gasteiger partial charge in [0, 0.05) is 25.5 Å². The molecule has 0 spiro atoms. The first-order chi connectivity index (χ1) is 29.2. The highest BCUT2D eigenvalue weighted by molar-refractivity contribution is 7.99. The molecule has 4 nitrogen and oxygen atoms in total. The third-order valence-corrected chi connectivity index (χ3v) is 11.6. The summed E-state index contributed by atoms with van der Waals surface area (Å²) in [4.78, 5) is 3.57. The van der Waals surface area contributed by atoms with E-state index in [0.29, 0.717) is 5.92 Å². The van der Waals surface area contributed by atoms with Gasteiger partial charge in [0.1, 0.15) is 23.0 Å². The van der Waals surface area contributed by atoms with Gasteiger partial charge in [-0.3, -0.25) is 0 Å². The summed E-state index contributed by atoms with van der Waals surface area (Å²) in [5.41, 5.74) is 8.96. The van der Waals surface area contributed by atoms with Gasteiger partial charge in [-0.05, 0) is 135 Å². The predicted octanol–water partition coefficient (Wildman–Crippen LogP) is 15.2. The van der Waals surface area contributed by atoms with Gasteiger partial charge in [0.25, 0.3) is 0 Å². The van der Waals surface area contributed by atoms with Gasteiger partial charge in [0.15, 0.2) is 0 Å². The van der Waals surface area contributed by atoms with Crippen molar-refractivity contribution in [1.29, 1.82) is 0 Å². The second kappa shape index (κ2) is 21.1. The van der Waals surface area contributed by atoms with E-state index in [2.05, 4.69) is 111 Å². The molecule has 0 saturated heterocycles. The van der Waals surface area contributed by atoms with Gasteiger partial charge in [-0.15, -0.1) is 0 Å². The van der Waals surface area contributed by atoms with Gasteiger partial charge in [-0.2, -0.15) is 0 Å². The van der Waals surface area contributed by atoms with Crippen molar-refractivity contribution in [3.05, 3.63) is 216 Å². The average molecular weight is 827 g/mol. The van der Waals surface area contributed by atoms with Crippen LogP contribution >= 0.6 is 23.5 Å². The van der Waals surface area contributed by atoms with Crippen LogP contribution in [0.1, 0.15) is 61.8 Å².